The lowest BCUT2D eigenvalue weighted by Gasteiger charge is -2.16. The van der Waals surface area contributed by atoms with Crippen molar-refractivity contribution in [3.05, 3.63) is 54.0 Å². The van der Waals surface area contributed by atoms with Gasteiger partial charge in [0.2, 0.25) is 5.78 Å². The van der Waals surface area contributed by atoms with E-state index >= 15 is 0 Å². The molecule has 8 nitrogen and oxygen atoms in total. The van der Waals surface area contributed by atoms with Crippen LogP contribution in [0.2, 0.25) is 0 Å². The van der Waals surface area contributed by atoms with Crippen LogP contribution in [0.5, 0.6) is 0 Å². The average Bonchev–Trinajstić information content (AvgIpc) is 2.58. The van der Waals surface area contributed by atoms with Crippen molar-refractivity contribution < 1.29 is 18.7 Å². The molecule has 1 N–H and O–H groups in total. The molecule has 0 unspecified atom stereocenters. The topological polar surface area (TPSA) is 99.4 Å². The van der Waals surface area contributed by atoms with Gasteiger partial charge in [-0.2, -0.15) is 0 Å². The maximum absolute atomic E-state index is 14.1. The Hall–Kier alpha value is -2.50. The van der Waals surface area contributed by atoms with Crippen molar-refractivity contribution in [3.63, 3.8) is 0 Å². The first kappa shape index (κ1) is 19.8. The number of nitrogens with one attached hydrogen (secondary N) is 1. The average molecular weight is 475 g/mol. The summed E-state index contributed by atoms with van der Waals surface area (Å²) in [5, 5.41) is 2.62. The van der Waals surface area contributed by atoms with Gasteiger partial charge >= 0.3 is 11.7 Å². The molecule has 10 heteroatoms. The van der Waals surface area contributed by atoms with Crippen LogP contribution in [0.15, 0.2) is 27.8 Å². The maximum atomic E-state index is 14.1. The quantitative estimate of drug-likeness (QED) is 0.398. The molecule has 0 bridgehead atoms. The molecule has 2 aromatic rings. The molecule has 26 heavy (non-hydrogen) atoms. The Morgan fingerprint density at radius 2 is 1.88 bits per heavy atom. The molecular formula is C16H15FIN3O5. The first-order valence-electron chi connectivity index (χ1n) is 7.32. The molecule has 0 spiro atoms. The maximum Gasteiger partial charge on any atom is 0.332 e. The molecule has 0 atom stereocenters. The molecular weight excluding hydrogens is 460 g/mol. The zero-order chi connectivity index (χ0) is 19.6. The van der Waals surface area contributed by atoms with Gasteiger partial charge in [-0.15, -0.1) is 0 Å². The molecule has 0 saturated carbocycles. The van der Waals surface area contributed by atoms with Crippen LogP contribution in [0, 0.1) is 9.39 Å². The minimum Gasteiger partial charge on any atom is -0.457 e. The minimum absolute atomic E-state index is 0.0183. The lowest BCUT2D eigenvalue weighted by Crippen LogP contribution is -2.42. The number of Topliss-reactive ketones (excluding diaryl/α,β-unsaturated/α-hetero) is 1. The number of aromatic nitrogens is 2. The van der Waals surface area contributed by atoms with Crippen molar-refractivity contribution in [2.24, 2.45) is 14.1 Å². The molecule has 0 saturated heterocycles. The molecule has 0 aliphatic heterocycles. The number of esters is 1. The van der Waals surface area contributed by atoms with E-state index in [1.807, 2.05) is 22.6 Å². The van der Waals surface area contributed by atoms with Crippen LogP contribution in [-0.4, -0.2) is 27.5 Å². The molecule has 1 aromatic heterocycles. The normalized spacial score (nSPS) is 10.5. The van der Waals surface area contributed by atoms with Crippen molar-refractivity contribution in [1.29, 1.82) is 0 Å². The van der Waals surface area contributed by atoms with Crippen LogP contribution >= 0.6 is 22.6 Å². The van der Waals surface area contributed by atoms with Gasteiger partial charge in [-0.1, -0.05) is 0 Å². The summed E-state index contributed by atoms with van der Waals surface area (Å²) in [5.41, 5.74) is -2.00. The van der Waals surface area contributed by atoms with Gasteiger partial charge in [-0.25, -0.2) is 9.18 Å². The van der Waals surface area contributed by atoms with Crippen LogP contribution < -0.4 is 16.6 Å². The summed E-state index contributed by atoms with van der Waals surface area (Å²) in [4.78, 5) is 47.9. The van der Waals surface area contributed by atoms with Crippen molar-refractivity contribution in [3.8, 4) is 0 Å². The van der Waals surface area contributed by atoms with Gasteiger partial charge in [0.05, 0.1) is 5.69 Å². The highest BCUT2D eigenvalue weighted by atomic mass is 127. The fourth-order valence-corrected chi connectivity index (χ4v) is 2.65. The van der Waals surface area contributed by atoms with Crippen molar-refractivity contribution in [2.45, 2.75) is 6.92 Å². The number of ether oxygens (including phenoxy) is 1. The highest BCUT2D eigenvalue weighted by Crippen LogP contribution is 2.22. The number of hydrogen-bond acceptors (Lipinski definition) is 6. The fourth-order valence-electron chi connectivity index (χ4n) is 2.20. The molecule has 0 fully saturated rings. The summed E-state index contributed by atoms with van der Waals surface area (Å²) < 4.78 is 21.2. The standard InChI is InChI=1S/C16H15FIN3O5/c1-8(22)26-7-12(23)13-14(20(2)16(25)21(3)15(13)24)19-11-5-4-9(18)6-10(11)17/h4-6,19H,7H2,1-3H3. The van der Waals surface area contributed by atoms with E-state index in [0.29, 0.717) is 3.57 Å². The van der Waals surface area contributed by atoms with E-state index < -0.39 is 41.0 Å². The lowest BCUT2D eigenvalue weighted by atomic mass is 10.2. The Morgan fingerprint density at radius 1 is 1.23 bits per heavy atom. The summed E-state index contributed by atoms with van der Waals surface area (Å²) in [6, 6.07) is 4.28. The number of hydrogen-bond donors (Lipinski definition) is 1. The van der Waals surface area contributed by atoms with Crippen molar-refractivity contribution in [2.75, 3.05) is 11.9 Å². The number of nitrogens with zero attached hydrogens (tertiary/aromatic N) is 2. The predicted octanol–water partition coefficient (Wildman–Crippen LogP) is 1.32. The van der Waals surface area contributed by atoms with E-state index in [0.717, 1.165) is 16.1 Å². The Kier molecular flexibility index (Phi) is 5.95. The lowest BCUT2D eigenvalue weighted by molar-refractivity contribution is -0.139. The van der Waals surface area contributed by atoms with Crippen LogP contribution in [-0.2, 0) is 23.6 Å². The first-order chi connectivity index (χ1) is 12.1. The molecule has 138 valence electrons. The van der Waals surface area contributed by atoms with E-state index in [1.54, 1.807) is 6.07 Å². The van der Waals surface area contributed by atoms with Gasteiger partial charge in [0.15, 0.2) is 6.61 Å². The van der Waals surface area contributed by atoms with Gasteiger partial charge < -0.3 is 10.1 Å². The monoisotopic (exact) mass is 475 g/mol. The number of halogens is 2. The third kappa shape index (κ3) is 4.00. The van der Waals surface area contributed by atoms with E-state index in [9.17, 15) is 23.6 Å². The molecule has 0 aliphatic rings. The summed E-state index contributed by atoms with van der Waals surface area (Å²) in [6.45, 7) is 0.443. The second-order valence-corrected chi connectivity index (χ2v) is 6.63. The third-order valence-electron chi connectivity index (χ3n) is 3.53. The predicted molar refractivity (Wildman–Crippen MR) is 100 cm³/mol. The summed E-state index contributed by atoms with van der Waals surface area (Å²) in [6.07, 6.45) is 0. The number of benzene rings is 1. The molecule has 0 aliphatic carbocycles. The highest BCUT2D eigenvalue weighted by molar-refractivity contribution is 14.1. The number of rotatable bonds is 5. The van der Waals surface area contributed by atoms with Gasteiger partial charge in [-0.3, -0.25) is 23.5 Å². The molecule has 0 amide bonds. The van der Waals surface area contributed by atoms with Crippen molar-refractivity contribution in [1.82, 2.24) is 9.13 Å². The number of carbonyl (C=O) groups is 2. The van der Waals surface area contributed by atoms with Gasteiger partial charge in [0, 0.05) is 24.6 Å². The Labute approximate surface area is 160 Å². The fraction of sp³-hybridized carbons (Fsp3) is 0.250. The Morgan fingerprint density at radius 3 is 2.46 bits per heavy atom. The number of carbonyl (C=O) groups excluding carboxylic acids is 2. The molecule has 2 rings (SSSR count). The van der Waals surface area contributed by atoms with Crippen LogP contribution in [0.1, 0.15) is 17.3 Å². The van der Waals surface area contributed by atoms with E-state index in [-0.39, 0.29) is 11.5 Å². The second-order valence-electron chi connectivity index (χ2n) is 5.38. The van der Waals surface area contributed by atoms with E-state index in [2.05, 4.69) is 10.1 Å². The zero-order valence-corrected chi connectivity index (χ0v) is 16.3. The minimum atomic E-state index is -0.876. The van der Waals surface area contributed by atoms with E-state index in [4.69, 9.17) is 0 Å². The van der Waals surface area contributed by atoms with Crippen molar-refractivity contribution >= 4 is 45.8 Å². The van der Waals surface area contributed by atoms with Crippen LogP contribution in [0.3, 0.4) is 0 Å². The number of ketones is 1. The second kappa shape index (κ2) is 7.81. The van der Waals surface area contributed by atoms with Gasteiger partial charge in [0.25, 0.3) is 5.56 Å². The summed E-state index contributed by atoms with van der Waals surface area (Å²) >= 11 is 1.93. The Bertz CT molecular complexity index is 1010. The third-order valence-corrected chi connectivity index (χ3v) is 4.21. The summed E-state index contributed by atoms with van der Waals surface area (Å²) in [5.74, 6) is -2.32. The Balaban J connectivity index is 2.63. The summed E-state index contributed by atoms with van der Waals surface area (Å²) in [7, 11) is 2.54. The first-order valence-corrected chi connectivity index (χ1v) is 8.40. The van der Waals surface area contributed by atoms with Crippen LogP contribution in [0.25, 0.3) is 0 Å². The molecule has 0 radical (unpaired) electrons. The smallest absolute Gasteiger partial charge is 0.332 e. The SMILES string of the molecule is CC(=O)OCC(=O)c1c(Nc2ccc(I)cc2F)n(C)c(=O)n(C)c1=O. The van der Waals surface area contributed by atoms with Crippen LogP contribution in [0.4, 0.5) is 15.9 Å². The zero-order valence-electron chi connectivity index (χ0n) is 14.1. The highest BCUT2D eigenvalue weighted by Gasteiger charge is 2.23. The largest absolute Gasteiger partial charge is 0.457 e. The van der Waals surface area contributed by atoms with E-state index in [1.165, 1.54) is 26.2 Å². The van der Waals surface area contributed by atoms with Gasteiger partial charge in [0.1, 0.15) is 17.2 Å². The molecule has 1 heterocycles. The molecule has 1 aromatic carbocycles. The van der Waals surface area contributed by atoms with Gasteiger partial charge in [-0.05, 0) is 40.8 Å². The number of anilines is 2.